The highest BCUT2D eigenvalue weighted by Crippen LogP contribution is 2.21. The Bertz CT molecular complexity index is 353. The van der Waals surface area contributed by atoms with Crippen molar-refractivity contribution in [2.45, 2.75) is 25.3 Å². The minimum Gasteiger partial charge on any atom is -0.492 e. The zero-order valence-electron chi connectivity index (χ0n) is 9.01. The fraction of sp³-hybridized carbons (Fsp3) is 0.500. The van der Waals surface area contributed by atoms with Gasteiger partial charge in [-0.15, -0.1) is 0 Å². The third-order valence-electron chi connectivity index (χ3n) is 2.75. The first-order valence-electron chi connectivity index (χ1n) is 5.57. The van der Waals surface area contributed by atoms with E-state index < -0.39 is 0 Å². The fourth-order valence-corrected chi connectivity index (χ4v) is 2.08. The lowest BCUT2D eigenvalue weighted by Gasteiger charge is -2.23. The van der Waals surface area contributed by atoms with E-state index in [2.05, 4.69) is 21.2 Å². The summed E-state index contributed by atoms with van der Waals surface area (Å²) >= 11 is 3.11. The molecule has 1 N–H and O–H groups in total. The molecule has 16 heavy (non-hydrogen) atoms. The number of piperidine rings is 1. The largest absolute Gasteiger partial charge is 0.492 e. The van der Waals surface area contributed by atoms with Crippen LogP contribution in [0, 0.1) is 5.82 Å². The third kappa shape index (κ3) is 3.19. The molecule has 88 valence electrons. The predicted molar refractivity (Wildman–Crippen MR) is 65.2 cm³/mol. The van der Waals surface area contributed by atoms with Crippen LogP contribution in [0.4, 0.5) is 4.39 Å². The number of rotatable bonds is 3. The van der Waals surface area contributed by atoms with Gasteiger partial charge in [0.15, 0.2) is 0 Å². The summed E-state index contributed by atoms with van der Waals surface area (Å²) in [5.41, 5.74) is 0. The van der Waals surface area contributed by atoms with E-state index in [1.54, 1.807) is 12.1 Å². The molecule has 1 heterocycles. The number of ether oxygens (including phenoxy) is 1. The monoisotopic (exact) mass is 287 g/mol. The number of nitrogens with one attached hydrogen (secondary N) is 1. The molecule has 1 saturated heterocycles. The van der Waals surface area contributed by atoms with Crippen molar-refractivity contribution in [3.05, 3.63) is 28.5 Å². The van der Waals surface area contributed by atoms with Gasteiger partial charge in [-0.1, -0.05) is 6.42 Å². The molecule has 2 rings (SSSR count). The van der Waals surface area contributed by atoms with E-state index >= 15 is 0 Å². The molecular weight excluding hydrogens is 273 g/mol. The van der Waals surface area contributed by atoms with Gasteiger partial charge in [0.2, 0.25) is 0 Å². The van der Waals surface area contributed by atoms with Crippen molar-refractivity contribution >= 4 is 15.9 Å². The molecule has 1 atom stereocenters. The van der Waals surface area contributed by atoms with E-state index in [1.165, 1.54) is 18.9 Å². The normalized spacial score (nSPS) is 20.8. The van der Waals surface area contributed by atoms with Gasteiger partial charge in [-0.3, -0.25) is 0 Å². The molecule has 0 amide bonds. The highest BCUT2D eigenvalue weighted by molar-refractivity contribution is 9.10. The second kappa shape index (κ2) is 5.64. The first kappa shape index (κ1) is 11.9. The van der Waals surface area contributed by atoms with E-state index in [-0.39, 0.29) is 5.82 Å². The van der Waals surface area contributed by atoms with Gasteiger partial charge in [0.25, 0.3) is 0 Å². The Morgan fingerprint density at radius 2 is 2.31 bits per heavy atom. The maximum absolute atomic E-state index is 13.2. The molecule has 0 saturated carbocycles. The van der Waals surface area contributed by atoms with E-state index in [4.69, 9.17) is 4.74 Å². The van der Waals surface area contributed by atoms with E-state index in [0.717, 1.165) is 13.0 Å². The second-order valence-electron chi connectivity index (χ2n) is 4.03. The molecule has 1 aliphatic rings. The molecule has 1 fully saturated rings. The zero-order valence-corrected chi connectivity index (χ0v) is 10.6. The van der Waals surface area contributed by atoms with Crippen LogP contribution >= 0.6 is 15.9 Å². The van der Waals surface area contributed by atoms with Gasteiger partial charge in [0.05, 0.1) is 4.47 Å². The highest BCUT2D eigenvalue weighted by Gasteiger charge is 2.13. The summed E-state index contributed by atoms with van der Waals surface area (Å²) in [5.74, 6) is 0.308. The molecule has 1 unspecified atom stereocenters. The molecule has 0 spiro atoms. The van der Waals surface area contributed by atoms with E-state index in [9.17, 15) is 4.39 Å². The maximum atomic E-state index is 13.2. The summed E-state index contributed by atoms with van der Waals surface area (Å²) in [6.45, 7) is 1.67. The topological polar surface area (TPSA) is 21.3 Å². The molecule has 0 aromatic heterocycles. The molecular formula is C12H15BrFNO. The molecule has 4 heteroatoms. The van der Waals surface area contributed by atoms with Gasteiger partial charge in [0.1, 0.15) is 18.2 Å². The Hall–Kier alpha value is -0.610. The number of halogens is 2. The van der Waals surface area contributed by atoms with Crippen molar-refractivity contribution in [1.29, 1.82) is 0 Å². The lowest BCUT2D eigenvalue weighted by molar-refractivity contribution is 0.238. The lowest BCUT2D eigenvalue weighted by Crippen LogP contribution is -2.38. The Morgan fingerprint density at radius 1 is 1.44 bits per heavy atom. The summed E-state index contributed by atoms with van der Waals surface area (Å²) in [6.07, 6.45) is 3.62. The maximum Gasteiger partial charge on any atom is 0.141 e. The van der Waals surface area contributed by atoms with Crippen LogP contribution in [0.2, 0.25) is 0 Å². The summed E-state index contributed by atoms with van der Waals surface area (Å²) in [4.78, 5) is 0. The van der Waals surface area contributed by atoms with Crippen LogP contribution in [0.1, 0.15) is 19.3 Å². The van der Waals surface area contributed by atoms with Gasteiger partial charge in [0, 0.05) is 12.1 Å². The Labute approximate surface area is 103 Å². The van der Waals surface area contributed by atoms with E-state index in [0.29, 0.717) is 22.9 Å². The molecule has 1 aromatic carbocycles. The smallest absolute Gasteiger partial charge is 0.141 e. The first-order chi connectivity index (χ1) is 7.75. The van der Waals surface area contributed by atoms with Crippen LogP contribution in [0.3, 0.4) is 0 Å². The van der Waals surface area contributed by atoms with Crippen molar-refractivity contribution in [3.8, 4) is 5.75 Å². The fourth-order valence-electron chi connectivity index (χ4n) is 1.83. The predicted octanol–water partition coefficient (Wildman–Crippen LogP) is 3.11. The van der Waals surface area contributed by atoms with Crippen molar-refractivity contribution in [1.82, 2.24) is 5.32 Å². The zero-order chi connectivity index (χ0) is 11.4. The van der Waals surface area contributed by atoms with Crippen LogP contribution in [-0.2, 0) is 0 Å². The van der Waals surface area contributed by atoms with Gasteiger partial charge in [-0.2, -0.15) is 0 Å². The minimum atomic E-state index is -0.283. The molecule has 1 aliphatic heterocycles. The molecule has 0 bridgehead atoms. The molecule has 2 nitrogen and oxygen atoms in total. The van der Waals surface area contributed by atoms with Crippen LogP contribution in [0.15, 0.2) is 22.7 Å². The van der Waals surface area contributed by atoms with Crippen molar-refractivity contribution < 1.29 is 9.13 Å². The summed E-state index contributed by atoms with van der Waals surface area (Å²) in [6, 6.07) is 5.25. The van der Waals surface area contributed by atoms with Gasteiger partial charge >= 0.3 is 0 Å². The van der Waals surface area contributed by atoms with E-state index in [1.807, 2.05) is 0 Å². The SMILES string of the molecule is Fc1cc(OCC2CCCCN2)ccc1Br. The van der Waals surface area contributed by atoms with Gasteiger partial charge < -0.3 is 10.1 Å². The van der Waals surface area contributed by atoms with Crippen molar-refractivity contribution in [2.24, 2.45) is 0 Å². The second-order valence-corrected chi connectivity index (χ2v) is 4.89. The Morgan fingerprint density at radius 3 is 3.00 bits per heavy atom. The highest BCUT2D eigenvalue weighted by atomic mass is 79.9. The average Bonchev–Trinajstić information content (AvgIpc) is 2.32. The number of hydrogen-bond donors (Lipinski definition) is 1. The lowest BCUT2D eigenvalue weighted by atomic mass is 10.1. The minimum absolute atomic E-state index is 0.283. The Kier molecular flexibility index (Phi) is 4.18. The van der Waals surface area contributed by atoms with Gasteiger partial charge in [-0.25, -0.2) is 4.39 Å². The first-order valence-corrected chi connectivity index (χ1v) is 6.36. The summed E-state index contributed by atoms with van der Waals surface area (Å²) < 4.78 is 19.2. The quantitative estimate of drug-likeness (QED) is 0.922. The number of benzene rings is 1. The molecule has 0 aliphatic carbocycles. The number of hydrogen-bond acceptors (Lipinski definition) is 2. The summed E-state index contributed by atoms with van der Waals surface area (Å²) in [7, 11) is 0. The standard InChI is InChI=1S/C12H15BrFNO/c13-11-5-4-10(7-12(11)14)16-8-9-3-1-2-6-15-9/h4-5,7,9,15H,1-3,6,8H2. The van der Waals surface area contributed by atoms with Gasteiger partial charge in [-0.05, 0) is 47.4 Å². The molecule has 1 aromatic rings. The third-order valence-corrected chi connectivity index (χ3v) is 3.40. The van der Waals surface area contributed by atoms with Crippen LogP contribution in [-0.4, -0.2) is 19.2 Å². The summed E-state index contributed by atoms with van der Waals surface area (Å²) in [5, 5.41) is 3.39. The van der Waals surface area contributed by atoms with Crippen LogP contribution in [0.25, 0.3) is 0 Å². The average molecular weight is 288 g/mol. The molecule has 0 radical (unpaired) electrons. The van der Waals surface area contributed by atoms with Crippen molar-refractivity contribution in [3.63, 3.8) is 0 Å². The van der Waals surface area contributed by atoms with Crippen LogP contribution in [0.5, 0.6) is 5.75 Å². The van der Waals surface area contributed by atoms with Crippen LogP contribution < -0.4 is 10.1 Å². The Balaban J connectivity index is 1.86. The van der Waals surface area contributed by atoms with Crippen molar-refractivity contribution in [2.75, 3.05) is 13.2 Å².